The zero-order valence-corrected chi connectivity index (χ0v) is 14.1. The number of tetrazole rings is 1. The zero-order chi connectivity index (χ0) is 19.2. The van der Waals surface area contributed by atoms with Gasteiger partial charge in [0.15, 0.2) is 11.5 Å². The van der Waals surface area contributed by atoms with Gasteiger partial charge in [0.2, 0.25) is 0 Å². The van der Waals surface area contributed by atoms with Crippen LogP contribution in [0.2, 0.25) is 0 Å². The summed E-state index contributed by atoms with van der Waals surface area (Å²) in [5.74, 6) is -0.543. The summed E-state index contributed by atoms with van der Waals surface area (Å²) in [6.45, 7) is -3.03. The van der Waals surface area contributed by atoms with E-state index in [1.54, 1.807) is 24.3 Å². The number of esters is 1. The minimum absolute atomic E-state index is 0.0702. The lowest BCUT2D eigenvalue weighted by Gasteiger charge is -2.12. The third kappa shape index (κ3) is 4.54. The number of carbonyl (C=O) groups excluding carboxylic acids is 1. The molecule has 140 valence electrons. The molecule has 1 heterocycles. The quantitative estimate of drug-likeness (QED) is 0.586. The number of nitrogens with zero attached hydrogens (tertiary/aromatic N) is 4. The molecule has 27 heavy (non-hydrogen) atoms. The number of halogens is 2. The number of methoxy groups -OCH3 is 1. The molecule has 3 rings (SSSR count). The van der Waals surface area contributed by atoms with Crippen molar-refractivity contribution in [1.29, 1.82) is 0 Å². The molecule has 0 fully saturated rings. The molecule has 0 aliphatic heterocycles. The Labute approximate surface area is 152 Å². The summed E-state index contributed by atoms with van der Waals surface area (Å²) in [6, 6.07) is 10.9. The average Bonchev–Trinajstić information content (AvgIpc) is 3.21. The molecule has 0 aliphatic carbocycles. The van der Waals surface area contributed by atoms with Gasteiger partial charge in [-0.25, -0.2) is 9.48 Å². The van der Waals surface area contributed by atoms with Crippen molar-refractivity contribution in [2.45, 2.75) is 13.2 Å². The number of rotatable bonds is 7. The Morgan fingerprint density at radius 1 is 1.19 bits per heavy atom. The van der Waals surface area contributed by atoms with Gasteiger partial charge in [0.1, 0.15) is 12.9 Å². The maximum absolute atomic E-state index is 12.4. The third-order valence-corrected chi connectivity index (χ3v) is 3.51. The van der Waals surface area contributed by atoms with E-state index in [0.717, 1.165) is 0 Å². The molecule has 0 amide bonds. The van der Waals surface area contributed by atoms with E-state index in [4.69, 9.17) is 9.47 Å². The van der Waals surface area contributed by atoms with Crippen molar-refractivity contribution in [2.75, 3.05) is 7.11 Å². The third-order valence-electron chi connectivity index (χ3n) is 3.51. The van der Waals surface area contributed by atoms with Gasteiger partial charge in [-0.2, -0.15) is 8.78 Å². The van der Waals surface area contributed by atoms with Crippen LogP contribution in [0.15, 0.2) is 48.8 Å². The number of aromatic nitrogens is 4. The van der Waals surface area contributed by atoms with Crippen LogP contribution in [0.5, 0.6) is 11.5 Å². The van der Waals surface area contributed by atoms with E-state index in [9.17, 15) is 13.6 Å². The normalized spacial score (nSPS) is 10.7. The van der Waals surface area contributed by atoms with Crippen LogP contribution in [0.25, 0.3) is 5.69 Å². The maximum atomic E-state index is 12.4. The number of carbonyl (C=O) groups is 1. The number of benzene rings is 2. The van der Waals surface area contributed by atoms with E-state index in [-0.39, 0.29) is 18.1 Å². The fraction of sp³-hybridized carbons (Fsp3) is 0.176. The second-order valence-electron chi connectivity index (χ2n) is 5.24. The summed E-state index contributed by atoms with van der Waals surface area (Å²) in [7, 11) is 1.33. The Balaban J connectivity index is 1.68. The van der Waals surface area contributed by atoms with Crippen molar-refractivity contribution in [3.63, 3.8) is 0 Å². The lowest BCUT2D eigenvalue weighted by Crippen LogP contribution is -2.07. The van der Waals surface area contributed by atoms with Crippen molar-refractivity contribution in [3.8, 4) is 17.2 Å². The van der Waals surface area contributed by atoms with Crippen LogP contribution >= 0.6 is 0 Å². The van der Waals surface area contributed by atoms with E-state index in [0.29, 0.717) is 16.8 Å². The van der Waals surface area contributed by atoms with Crippen LogP contribution in [0.4, 0.5) is 8.78 Å². The number of hydrogen-bond acceptors (Lipinski definition) is 7. The molecule has 0 saturated heterocycles. The van der Waals surface area contributed by atoms with Crippen LogP contribution in [0, 0.1) is 0 Å². The first-order chi connectivity index (χ1) is 13.1. The average molecular weight is 376 g/mol. The molecule has 0 radical (unpaired) electrons. The summed E-state index contributed by atoms with van der Waals surface area (Å²) in [5.41, 5.74) is 1.47. The van der Waals surface area contributed by atoms with Gasteiger partial charge >= 0.3 is 12.6 Å². The highest BCUT2D eigenvalue weighted by atomic mass is 19.3. The van der Waals surface area contributed by atoms with E-state index < -0.39 is 12.6 Å². The molecular formula is C17H14F2N4O4. The zero-order valence-electron chi connectivity index (χ0n) is 14.1. The second-order valence-corrected chi connectivity index (χ2v) is 5.24. The fourth-order valence-electron chi connectivity index (χ4n) is 2.28. The van der Waals surface area contributed by atoms with Gasteiger partial charge in [-0.05, 0) is 46.3 Å². The summed E-state index contributed by atoms with van der Waals surface area (Å²) >= 11 is 0. The Kier molecular flexibility index (Phi) is 5.55. The summed E-state index contributed by atoms with van der Waals surface area (Å²) in [5, 5.41) is 10.8. The second kappa shape index (κ2) is 8.21. The van der Waals surface area contributed by atoms with Crippen molar-refractivity contribution in [1.82, 2.24) is 20.2 Å². The minimum atomic E-state index is -2.96. The van der Waals surface area contributed by atoms with Crippen LogP contribution in [0.3, 0.4) is 0 Å². The van der Waals surface area contributed by atoms with Crippen LogP contribution in [0.1, 0.15) is 15.9 Å². The van der Waals surface area contributed by atoms with Gasteiger partial charge in [0, 0.05) is 0 Å². The van der Waals surface area contributed by atoms with Crippen LogP contribution in [-0.2, 0) is 11.3 Å². The number of ether oxygens (including phenoxy) is 3. The lowest BCUT2D eigenvalue weighted by atomic mass is 10.2. The van der Waals surface area contributed by atoms with Crippen LogP contribution < -0.4 is 9.47 Å². The Morgan fingerprint density at radius 2 is 2.04 bits per heavy atom. The van der Waals surface area contributed by atoms with Crippen molar-refractivity contribution in [2.24, 2.45) is 0 Å². The highest BCUT2D eigenvalue weighted by Gasteiger charge is 2.13. The van der Waals surface area contributed by atoms with Crippen molar-refractivity contribution >= 4 is 5.97 Å². The molecular weight excluding hydrogens is 362 g/mol. The first-order valence-corrected chi connectivity index (χ1v) is 7.69. The van der Waals surface area contributed by atoms with E-state index in [1.165, 1.54) is 36.3 Å². The predicted octanol–water partition coefficient (Wildman–Crippen LogP) is 2.63. The summed E-state index contributed by atoms with van der Waals surface area (Å²) < 4.78 is 40.7. The number of alkyl halides is 2. The summed E-state index contributed by atoms with van der Waals surface area (Å²) in [4.78, 5) is 12.3. The Hall–Kier alpha value is -3.56. The molecule has 8 nitrogen and oxygen atoms in total. The van der Waals surface area contributed by atoms with E-state index in [1.807, 2.05) is 0 Å². The van der Waals surface area contributed by atoms with Gasteiger partial charge in [0.25, 0.3) is 0 Å². The first kappa shape index (κ1) is 18.2. The van der Waals surface area contributed by atoms with Gasteiger partial charge in [0.05, 0.1) is 18.4 Å². The molecule has 0 atom stereocenters. The molecule has 2 aromatic carbocycles. The molecule has 0 bridgehead atoms. The molecule has 0 unspecified atom stereocenters. The van der Waals surface area contributed by atoms with E-state index >= 15 is 0 Å². The topological polar surface area (TPSA) is 88.4 Å². The van der Waals surface area contributed by atoms with Gasteiger partial charge in [-0.3, -0.25) is 0 Å². The predicted molar refractivity (Wildman–Crippen MR) is 87.9 cm³/mol. The molecule has 0 N–H and O–H groups in total. The Bertz CT molecular complexity index is 919. The maximum Gasteiger partial charge on any atom is 0.387 e. The van der Waals surface area contributed by atoms with Gasteiger partial charge < -0.3 is 14.2 Å². The van der Waals surface area contributed by atoms with Gasteiger partial charge in [-0.1, -0.05) is 12.1 Å². The highest BCUT2D eigenvalue weighted by molar-refractivity contribution is 5.90. The lowest BCUT2D eigenvalue weighted by molar-refractivity contribution is -0.0512. The number of hydrogen-bond donors (Lipinski definition) is 0. The van der Waals surface area contributed by atoms with Crippen molar-refractivity contribution in [3.05, 3.63) is 59.9 Å². The monoisotopic (exact) mass is 376 g/mol. The molecule has 10 heteroatoms. The molecule has 0 spiro atoms. The highest BCUT2D eigenvalue weighted by Crippen LogP contribution is 2.29. The standard InChI is InChI=1S/C17H14F2N4O4/c1-25-15-7-11(5-6-14(15)27-17(18)19)9-26-16(24)12-3-2-4-13(8-12)23-10-20-21-22-23/h2-8,10,17H,9H2,1H3. The largest absolute Gasteiger partial charge is 0.493 e. The van der Waals surface area contributed by atoms with Crippen LogP contribution in [-0.4, -0.2) is 39.9 Å². The van der Waals surface area contributed by atoms with Gasteiger partial charge in [-0.15, -0.1) is 5.10 Å². The molecule has 3 aromatic rings. The fourth-order valence-corrected chi connectivity index (χ4v) is 2.28. The van der Waals surface area contributed by atoms with E-state index in [2.05, 4.69) is 20.3 Å². The smallest absolute Gasteiger partial charge is 0.387 e. The van der Waals surface area contributed by atoms with Crippen molar-refractivity contribution < 1.29 is 27.8 Å². The minimum Gasteiger partial charge on any atom is -0.493 e. The molecule has 0 saturated carbocycles. The first-order valence-electron chi connectivity index (χ1n) is 7.69. The SMILES string of the molecule is COc1cc(COC(=O)c2cccc(-n3cnnn3)c2)ccc1OC(F)F. The molecule has 0 aliphatic rings. The molecule has 1 aromatic heterocycles. The Morgan fingerprint density at radius 3 is 2.74 bits per heavy atom. The summed E-state index contributed by atoms with van der Waals surface area (Å²) in [6.07, 6.45) is 1.40.